The van der Waals surface area contributed by atoms with Gasteiger partial charge in [-0.1, -0.05) is 60.7 Å². The first-order valence-corrected chi connectivity index (χ1v) is 8.68. The summed E-state index contributed by atoms with van der Waals surface area (Å²) in [5.74, 6) is 0. The Kier molecular flexibility index (Phi) is 4.44. The van der Waals surface area contributed by atoms with Gasteiger partial charge in [0.2, 0.25) is 0 Å². The maximum Gasteiger partial charge on any atom is 0.270 e. The van der Waals surface area contributed by atoms with Crippen LogP contribution in [0.25, 0.3) is 22.0 Å². The second-order valence-electron chi connectivity index (χ2n) is 6.38. The summed E-state index contributed by atoms with van der Waals surface area (Å²) in [5.41, 5.74) is 4.53. The molecule has 0 saturated heterocycles. The minimum atomic E-state index is -0.388. The van der Waals surface area contributed by atoms with Gasteiger partial charge in [-0.25, -0.2) is 0 Å². The number of fused-ring (bicyclic) bond motifs is 1. The predicted octanol–water partition coefficient (Wildman–Crippen LogP) is 4.76. The molecule has 0 fully saturated rings. The number of nitrogens with zero attached hydrogens (tertiary/aromatic N) is 2. The summed E-state index contributed by atoms with van der Waals surface area (Å²) < 4.78 is 2.04. The number of rotatable bonds is 5. The van der Waals surface area contributed by atoms with Gasteiger partial charge in [-0.3, -0.25) is 10.1 Å². The molecule has 0 aliphatic rings. The van der Waals surface area contributed by atoms with E-state index in [4.69, 9.17) is 0 Å². The molecule has 5 heteroatoms. The lowest BCUT2D eigenvalue weighted by Crippen LogP contribution is -2.05. The number of aliphatic hydroxyl groups excluding tert-OH is 1. The summed E-state index contributed by atoms with van der Waals surface area (Å²) in [6.07, 6.45) is 0. The number of aliphatic hydroxyl groups is 1. The molecule has 0 amide bonds. The minimum absolute atomic E-state index is 0.0426. The van der Waals surface area contributed by atoms with Crippen LogP contribution in [0.2, 0.25) is 0 Å². The summed E-state index contributed by atoms with van der Waals surface area (Å²) >= 11 is 0. The molecule has 0 spiro atoms. The fraction of sp³-hybridized carbons (Fsp3) is 0.0909. The average Bonchev–Trinajstić information content (AvgIpc) is 3.02. The van der Waals surface area contributed by atoms with Crippen molar-refractivity contribution in [2.45, 2.75) is 13.2 Å². The van der Waals surface area contributed by atoms with Crippen LogP contribution < -0.4 is 0 Å². The number of hydrogen-bond acceptors (Lipinski definition) is 3. The van der Waals surface area contributed by atoms with Crippen LogP contribution >= 0.6 is 0 Å². The normalized spacial score (nSPS) is 11.0. The summed E-state index contributed by atoms with van der Waals surface area (Å²) in [5, 5.41) is 22.2. The Hall–Kier alpha value is -3.44. The highest BCUT2D eigenvalue weighted by atomic mass is 16.6. The average molecular weight is 358 g/mol. The van der Waals surface area contributed by atoms with E-state index in [1.807, 2.05) is 65.2 Å². The number of nitro benzene ring substituents is 1. The van der Waals surface area contributed by atoms with Crippen LogP contribution in [0, 0.1) is 10.1 Å². The van der Waals surface area contributed by atoms with Gasteiger partial charge in [0, 0.05) is 35.1 Å². The number of hydrogen-bond donors (Lipinski definition) is 1. The molecule has 1 heterocycles. The van der Waals surface area contributed by atoms with Crippen LogP contribution in [0.4, 0.5) is 5.69 Å². The Morgan fingerprint density at radius 1 is 0.926 bits per heavy atom. The molecule has 0 bridgehead atoms. The lowest BCUT2D eigenvalue weighted by Gasteiger charge is -2.11. The zero-order chi connectivity index (χ0) is 18.8. The van der Waals surface area contributed by atoms with E-state index in [0.717, 1.165) is 33.3 Å². The maximum absolute atomic E-state index is 11.3. The molecule has 27 heavy (non-hydrogen) atoms. The van der Waals surface area contributed by atoms with Crippen LogP contribution in [-0.2, 0) is 13.2 Å². The van der Waals surface area contributed by atoms with Gasteiger partial charge in [-0.05, 0) is 17.2 Å². The van der Waals surface area contributed by atoms with Gasteiger partial charge >= 0.3 is 0 Å². The highest BCUT2D eigenvalue weighted by molar-refractivity contribution is 5.99. The molecule has 0 saturated carbocycles. The summed E-state index contributed by atoms with van der Waals surface area (Å²) in [7, 11) is 0. The molecule has 4 aromatic rings. The molecule has 1 N–H and O–H groups in total. The van der Waals surface area contributed by atoms with Crippen molar-refractivity contribution in [3.8, 4) is 11.1 Å². The van der Waals surface area contributed by atoms with E-state index in [1.165, 1.54) is 6.07 Å². The van der Waals surface area contributed by atoms with Gasteiger partial charge in [-0.15, -0.1) is 0 Å². The van der Waals surface area contributed by atoms with Crippen molar-refractivity contribution in [3.63, 3.8) is 0 Å². The van der Waals surface area contributed by atoms with Gasteiger partial charge in [-0.2, -0.15) is 0 Å². The zero-order valence-corrected chi connectivity index (χ0v) is 14.6. The van der Waals surface area contributed by atoms with E-state index in [2.05, 4.69) is 0 Å². The van der Waals surface area contributed by atoms with Gasteiger partial charge in [0.25, 0.3) is 5.69 Å². The summed E-state index contributed by atoms with van der Waals surface area (Å²) in [6.45, 7) is 0.428. The molecule has 0 unspecified atom stereocenters. The van der Waals surface area contributed by atoms with Crippen molar-refractivity contribution < 1.29 is 10.0 Å². The van der Waals surface area contributed by atoms with Crippen molar-refractivity contribution in [2.24, 2.45) is 0 Å². The fourth-order valence-electron chi connectivity index (χ4n) is 3.55. The molecule has 4 rings (SSSR count). The molecule has 3 aromatic carbocycles. The van der Waals surface area contributed by atoms with Crippen LogP contribution in [0.1, 0.15) is 11.3 Å². The quantitative estimate of drug-likeness (QED) is 0.413. The van der Waals surface area contributed by atoms with E-state index in [-0.39, 0.29) is 17.2 Å². The summed E-state index contributed by atoms with van der Waals surface area (Å²) in [4.78, 5) is 10.9. The third-order valence-corrected chi connectivity index (χ3v) is 4.76. The van der Waals surface area contributed by atoms with Gasteiger partial charge in [0.05, 0.1) is 17.2 Å². The number of nitro groups is 1. The SMILES string of the molecule is O=[N+]([O-])c1ccc2c(c1)c(-c1ccccc1)c(CO)n2Cc1ccccc1. The van der Waals surface area contributed by atoms with Crippen LogP contribution in [0.5, 0.6) is 0 Å². The first-order valence-electron chi connectivity index (χ1n) is 8.68. The summed E-state index contributed by atoms with van der Waals surface area (Å²) in [6, 6.07) is 24.5. The first-order chi connectivity index (χ1) is 13.2. The van der Waals surface area contributed by atoms with E-state index < -0.39 is 0 Å². The van der Waals surface area contributed by atoms with Gasteiger partial charge < -0.3 is 9.67 Å². The predicted molar refractivity (Wildman–Crippen MR) is 105 cm³/mol. The van der Waals surface area contributed by atoms with Crippen molar-refractivity contribution in [1.82, 2.24) is 4.57 Å². The standard InChI is InChI=1S/C22H18N2O3/c25-15-21-22(17-9-5-2-6-10-17)19-13-18(24(26)27)11-12-20(19)23(21)14-16-7-3-1-4-8-16/h1-13,25H,14-15H2. The van der Waals surface area contributed by atoms with E-state index in [9.17, 15) is 15.2 Å². The van der Waals surface area contributed by atoms with Crippen molar-refractivity contribution >= 4 is 16.6 Å². The molecular formula is C22H18N2O3. The second kappa shape index (κ2) is 7.05. The number of aromatic nitrogens is 1. The van der Waals surface area contributed by atoms with Crippen molar-refractivity contribution in [3.05, 3.63) is 100 Å². The first kappa shape index (κ1) is 17.0. The van der Waals surface area contributed by atoms with Gasteiger partial charge in [0.1, 0.15) is 0 Å². The van der Waals surface area contributed by atoms with E-state index in [1.54, 1.807) is 12.1 Å². The molecule has 0 atom stereocenters. The Morgan fingerprint density at radius 3 is 2.22 bits per heavy atom. The third kappa shape index (κ3) is 3.09. The maximum atomic E-state index is 11.3. The molecule has 1 aromatic heterocycles. The van der Waals surface area contributed by atoms with Crippen LogP contribution in [0.15, 0.2) is 78.9 Å². The Bertz CT molecular complexity index is 1100. The van der Waals surface area contributed by atoms with Crippen molar-refractivity contribution in [1.29, 1.82) is 0 Å². The number of benzene rings is 3. The molecule has 134 valence electrons. The Balaban J connectivity index is 2.01. The van der Waals surface area contributed by atoms with Crippen LogP contribution in [-0.4, -0.2) is 14.6 Å². The fourth-order valence-corrected chi connectivity index (χ4v) is 3.55. The van der Waals surface area contributed by atoms with Crippen LogP contribution in [0.3, 0.4) is 0 Å². The highest BCUT2D eigenvalue weighted by Gasteiger charge is 2.20. The van der Waals surface area contributed by atoms with E-state index in [0.29, 0.717) is 6.54 Å². The molecular weight excluding hydrogens is 340 g/mol. The zero-order valence-electron chi connectivity index (χ0n) is 14.6. The second-order valence-corrected chi connectivity index (χ2v) is 6.38. The van der Waals surface area contributed by atoms with Crippen molar-refractivity contribution in [2.75, 3.05) is 0 Å². The lowest BCUT2D eigenvalue weighted by atomic mass is 10.0. The monoisotopic (exact) mass is 358 g/mol. The molecule has 0 radical (unpaired) electrons. The molecule has 0 aliphatic carbocycles. The molecule has 0 aliphatic heterocycles. The lowest BCUT2D eigenvalue weighted by molar-refractivity contribution is -0.384. The van der Waals surface area contributed by atoms with E-state index >= 15 is 0 Å². The molecule has 5 nitrogen and oxygen atoms in total. The topological polar surface area (TPSA) is 68.3 Å². The van der Waals surface area contributed by atoms with Gasteiger partial charge in [0.15, 0.2) is 0 Å². The third-order valence-electron chi connectivity index (χ3n) is 4.76. The highest BCUT2D eigenvalue weighted by Crippen LogP contribution is 2.37. The Labute approximate surface area is 156 Å². The smallest absolute Gasteiger partial charge is 0.270 e. The minimum Gasteiger partial charge on any atom is -0.390 e. The largest absolute Gasteiger partial charge is 0.390 e. The number of non-ortho nitro benzene ring substituents is 1. The Morgan fingerprint density at radius 2 is 1.59 bits per heavy atom.